The van der Waals surface area contributed by atoms with Crippen LogP contribution in [0.3, 0.4) is 0 Å². The smallest absolute Gasteiger partial charge is 0.409 e. The van der Waals surface area contributed by atoms with E-state index in [1.54, 1.807) is 11.8 Å². The van der Waals surface area contributed by atoms with Crippen molar-refractivity contribution in [2.24, 2.45) is 0 Å². The summed E-state index contributed by atoms with van der Waals surface area (Å²) in [5, 5.41) is 12.2. The summed E-state index contributed by atoms with van der Waals surface area (Å²) in [4.78, 5) is 13.6. The van der Waals surface area contributed by atoms with Crippen LogP contribution in [0, 0.1) is 11.3 Å². The number of carbonyl (C=O) groups excluding carboxylic acids is 1. The fourth-order valence-corrected chi connectivity index (χ4v) is 3.37. The highest BCUT2D eigenvalue weighted by Crippen LogP contribution is 2.38. The molecule has 0 aromatic heterocycles. The Hall–Kier alpha value is -2.54. The largest absolute Gasteiger partial charge is 0.450 e. The van der Waals surface area contributed by atoms with Crippen LogP contribution in [0.5, 0.6) is 0 Å². The van der Waals surface area contributed by atoms with Crippen LogP contribution in [-0.4, -0.2) is 30.7 Å². The van der Waals surface area contributed by atoms with Gasteiger partial charge in [-0.1, -0.05) is 42.5 Å². The number of amides is 1. The number of rotatable bonds is 2. The molecule has 0 radical (unpaired) electrons. The van der Waals surface area contributed by atoms with E-state index in [1.165, 1.54) is 0 Å². The molecule has 1 saturated heterocycles. The third kappa shape index (κ3) is 2.75. The van der Waals surface area contributed by atoms with Crippen LogP contribution < -0.4 is 0 Å². The lowest BCUT2D eigenvalue weighted by Gasteiger charge is -2.37. The van der Waals surface area contributed by atoms with Gasteiger partial charge in [0, 0.05) is 13.1 Å². The highest BCUT2D eigenvalue weighted by atomic mass is 16.6. The van der Waals surface area contributed by atoms with Crippen LogP contribution >= 0.6 is 0 Å². The van der Waals surface area contributed by atoms with Gasteiger partial charge in [0.2, 0.25) is 0 Å². The second-order valence-corrected chi connectivity index (χ2v) is 5.91. The van der Waals surface area contributed by atoms with Crippen molar-refractivity contribution in [3.05, 3.63) is 48.0 Å². The highest BCUT2D eigenvalue weighted by molar-refractivity contribution is 5.87. The first-order valence-corrected chi connectivity index (χ1v) is 8.01. The maximum absolute atomic E-state index is 11.9. The summed E-state index contributed by atoms with van der Waals surface area (Å²) in [5.74, 6) is 0. The average molecular weight is 308 g/mol. The zero-order chi connectivity index (χ0) is 16.3. The Labute approximate surface area is 136 Å². The first kappa shape index (κ1) is 15.4. The first-order chi connectivity index (χ1) is 11.2. The Bertz CT molecular complexity index is 750. The minimum atomic E-state index is -0.538. The molecule has 4 nitrogen and oxygen atoms in total. The van der Waals surface area contributed by atoms with Crippen LogP contribution in [-0.2, 0) is 10.2 Å². The van der Waals surface area contributed by atoms with E-state index in [-0.39, 0.29) is 6.09 Å². The normalized spacial score (nSPS) is 16.8. The second-order valence-electron chi connectivity index (χ2n) is 5.91. The number of hydrogen-bond donors (Lipinski definition) is 0. The molecule has 118 valence electrons. The molecule has 2 aromatic carbocycles. The van der Waals surface area contributed by atoms with E-state index in [1.807, 2.05) is 24.3 Å². The molecular weight excluding hydrogens is 288 g/mol. The van der Waals surface area contributed by atoms with Crippen molar-refractivity contribution in [2.75, 3.05) is 19.7 Å². The van der Waals surface area contributed by atoms with Crippen molar-refractivity contribution in [2.45, 2.75) is 25.2 Å². The molecule has 3 rings (SSSR count). The van der Waals surface area contributed by atoms with Crippen molar-refractivity contribution in [1.82, 2.24) is 4.90 Å². The number of likely N-dealkylation sites (tertiary alicyclic amines) is 1. The summed E-state index contributed by atoms with van der Waals surface area (Å²) in [7, 11) is 0. The van der Waals surface area contributed by atoms with E-state index < -0.39 is 5.41 Å². The van der Waals surface area contributed by atoms with Gasteiger partial charge in [0.25, 0.3) is 0 Å². The Morgan fingerprint density at radius 1 is 1.22 bits per heavy atom. The summed E-state index contributed by atoms with van der Waals surface area (Å²) >= 11 is 0. The molecule has 0 spiro atoms. The van der Waals surface area contributed by atoms with Crippen molar-refractivity contribution < 1.29 is 9.53 Å². The third-order valence-corrected chi connectivity index (χ3v) is 4.66. The summed E-state index contributed by atoms with van der Waals surface area (Å²) < 4.78 is 5.06. The standard InChI is InChI=1S/C19H20N2O2/c1-2-23-18(22)21-12-10-19(14-20,11-13-21)17-9-5-7-15-6-3-4-8-16(15)17/h3-9H,2,10-13H2,1H3. The number of carbonyl (C=O) groups is 1. The molecule has 0 N–H and O–H groups in total. The van der Waals surface area contributed by atoms with Crippen molar-refractivity contribution in [3.63, 3.8) is 0 Å². The van der Waals surface area contributed by atoms with Crippen molar-refractivity contribution in [3.8, 4) is 6.07 Å². The average Bonchev–Trinajstić information content (AvgIpc) is 2.61. The molecule has 0 aliphatic carbocycles. The number of nitriles is 1. The number of hydrogen-bond acceptors (Lipinski definition) is 3. The minimum absolute atomic E-state index is 0.281. The number of benzene rings is 2. The summed E-state index contributed by atoms with van der Waals surface area (Å²) in [6, 6.07) is 16.8. The van der Waals surface area contributed by atoms with Crippen LogP contribution in [0.25, 0.3) is 10.8 Å². The molecule has 0 atom stereocenters. The second kappa shape index (κ2) is 6.29. The van der Waals surface area contributed by atoms with Crippen LogP contribution in [0.2, 0.25) is 0 Å². The molecule has 1 heterocycles. The summed E-state index contributed by atoms with van der Waals surface area (Å²) in [6.45, 7) is 3.28. The molecule has 1 aliphatic rings. The predicted molar refractivity (Wildman–Crippen MR) is 89.1 cm³/mol. The van der Waals surface area contributed by atoms with Gasteiger partial charge >= 0.3 is 6.09 Å². The topological polar surface area (TPSA) is 53.3 Å². The Balaban J connectivity index is 1.91. The summed E-state index contributed by atoms with van der Waals surface area (Å²) in [6.07, 6.45) is 0.990. The van der Waals surface area contributed by atoms with Gasteiger partial charge in [0.15, 0.2) is 0 Å². The Morgan fingerprint density at radius 2 is 1.91 bits per heavy atom. The van der Waals surface area contributed by atoms with Crippen molar-refractivity contribution in [1.29, 1.82) is 5.26 Å². The van der Waals surface area contributed by atoms with E-state index in [4.69, 9.17) is 4.74 Å². The van der Waals surface area contributed by atoms with Crippen LogP contribution in [0.15, 0.2) is 42.5 Å². The molecule has 2 aromatic rings. The predicted octanol–water partition coefficient (Wildman–Crippen LogP) is 3.85. The fourth-order valence-electron chi connectivity index (χ4n) is 3.37. The number of ether oxygens (including phenoxy) is 1. The highest BCUT2D eigenvalue weighted by Gasteiger charge is 2.39. The van der Waals surface area contributed by atoms with Crippen LogP contribution in [0.1, 0.15) is 25.3 Å². The van der Waals surface area contributed by atoms with Gasteiger partial charge in [-0.3, -0.25) is 0 Å². The summed E-state index contributed by atoms with van der Waals surface area (Å²) in [5.41, 5.74) is 0.533. The van der Waals surface area contributed by atoms with E-state index >= 15 is 0 Å². The SMILES string of the molecule is CCOC(=O)N1CCC(C#N)(c2cccc3ccccc23)CC1. The van der Waals surface area contributed by atoms with Gasteiger partial charge in [0.05, 0.1) is 18.1 Å². The Kier molecular flexibility index (Phi) is 4.20. The zero-order valence-electron chi connectivity index (χ0n) is 13.3. The van der Waals surface area contributed by atoms with Gasteiger partial charge in [-0.25, -0.2) is 4.79 Å². The maximum Gasteiger partial charge on any atom is 0.409 e. The lowest BCUT2D eigenvalue weighted by molar-refractivity contribution is 0.0923. The lowest BCUT2D eigenvalue weighted by Crippen LogP contribution is -2.44. The quantitative estimate of drug-likeness (QED) is 0.846. The Morgan fingerprint density at radius 3 is 2.61 bits per heavy atom. The van der Waals surface area contributed by atoms with E-state index in [0.717, 1.165) is 16.3 Å². The lowest BCUT2D eigenvalue weighted by atomic mass is 9.72. The van der Waals surface area contributed by atoms with Crippen molar-refractivity contribution >= 4 is 16.9 Å². The van der Waals surface area contributed by atoms with Crippen LogP contribution in [0.4, 0.5) is 4.79 Å². The molecular formula is C19H20N2O2. The third-order valence-electron chi connectivity index (χ3n) is 4.66. The number of piperidine rings is 1. The molecule has 0 saturated carbocycles. The van der Waals surface area contributed by atoms with Gasteiger partial charge in [-0.05, 0) is 36.1 Å². The maximum atomic E-state index is 11.9. The van der Waals surface area contributed by atoms with Gasteiger partial charge in [-0.2, -0.15) is 5.26 Å². The van der Waals surface area contributed by atoms with E-state index in [0.29, 0.717) is 32.5 Å². The molecule has 0 unspecified atom stereocenters. The fraction of sp³-hybridized carbons (Fsp3) is 0.368. The molecule has 1 fully saturated rings. The molecule has 0 bridgehead atoms. The molecule has 1 aliphatic heterocycles. The monoisotopic (exact) mass is 308 g/mol. The number of nitrogens with zero attached hydrogens (tertiary/aromatic N) is 2. The van der Waals surface area contributed by atoms with E-state index in [9.17, 15) is 10.1 Å². The molecule has 23 heavy (non-hydrogen) atoms. The molecule has 4 heteroatoms. The minimum Gasteiger partial charge on any atom is -0.450 e. The van der Waals surface area contributed by atoms with Gasteiger partial charge in [0.1, 0.15) is 0 Å². The van der Waals surface area contributed by atoms with E-state index in [2.05, 4.69) is 24.3 Å². The molecule has 1 amide bonds. The number of fused-ring (bicyclic) bond motifs is 1. The van der Waals surface area contributed by atoms with Gasteiger partial charge < -0.3 is 9.64 Å². The first-order valence-electron chi connectivity index (χ1n) is 8.01. The zero-order valence-corrected chi connectivity index (χ0v) is 13.3. The van der Waals surface area contributed by atoms with Gasteiger partial charge in [-0.15, -0.1) is 0 Å².